The molecule has 1 heterocycles. The second-order valence-corrected chi connectivity index (χ2v) is 7.15. The number of ether oxygens (including phenoxy) is 1. The van der Waals surface area contributed by atoms with Gasteiger partial charge >= 0.3 is 6.18 Å². The van der Waals surface area contributed by atoms with Gasteiger partial charge < -0.3 is 15.8 Å². The van der Waals surface area contributed by atoms with Crippen LogP contribution in [0.15, 0.2) is 16.7 Å². The van der Waals surface area contributed by atoms with E-state index in [0.717, 1.165) is 13.0 Å². The Hall–Kier alpha value is -1.49. The zero-order chi connectivity index (χ0) is 19.4. The normalized spacial score (nSPS) is 15.2. The van der Waals surface area contributed by atoms with Crippen LogP contribution < -0.4 is 15.8 Å². The first-order valence-electron chi connectivity index (χ1n) is 6.95. The summed E-state index contributed by atoms with van der Waals surface area (Å²) >= 11 is 4.42. The highest BCUT2D eigenvalue weighted by Crippen LogP contribution is 2.30. The topological polar surface area (TPSA) is 101 Å². The Kier molecular flexibility index (Phi) is 7.12. The van der Waals surface area contributed by atoms with Gasteiger partial charge in [0, 0.05) is 18.0 Å². The third-order valence-electron chi connectivity index (χ3n) is 3.23. The molecule has 140 valence electrons. The number of nitrogens with zero attached hydrogens (tertiary/aromatic N) is 1. The molecule has 0 aliphatic carbocycles. The lowest BCUT2D eigenvalue weighted by Crippen LogP contribution is -2.57. The van der Waals surface area contributed by atoms with Gasteiger partial charge in [-0.1, -0.05) is 0 Å². The number of carbonyl (C=O) groups is 1. The summed E-state index contributed by atoms with van der Waals surface area (Å²) in [5, 5.41) is 10.2. The molecule has 1 amide bonds. The fourth-order valence-electron chi connectivity index (χ4n) is 1.68. The van der Waals surface area contributed by atoms with Crippen molar-refractivity contribution in [3.8, 4) is 5.75 Å². The fourth-order valence-corrected chi connectivity index (χ4v) is 2.79. The molecule has 0 spiro atoms. The van der Waals surface area contributed by atoms with Crippen LogP contribution in [0.4, 0.5) is 13.2 Å². The highest BCUT2D eigenvalue weighted by Gasteiger charge is 2.38. The maximum Gasteiger partial charge on any atom is 0.425 e. The van der Waals surface area contributed by atoms with Crippen molar-refractivity contribution in [3.63, 3.8) is 0 Å². The van der Waals surface area contributed by atoms with Crippen molar-refractivity contribution < 1.29 is 22.7 Å². The lowest BCUT2D eigenvalue weighted by atomic mass is 10.0. The Balaban J connectivity index is 3.04. The largest absolute Gasteiger partial charge is 0.480 e. The molecule has 1 aromatic rings. The third kappa shape index (κ3) is 5.77. The van der Waals surface area contributed by atoms with E-state index in [1.165, 1.54) is 18.0 Å². The van der Waals surface area contributed by atoms with Crippen molar-refractivity contribution in [3.05, 3.63) is 22.4 Å². The SMILES string of the molecule is CSCC(C)(NC(=O)c1cc(O[C@@H](C)C(F)(F)F)c(Br)cn1)C(=N)N. The average molecular weight is 443 g/mol. The molecule has 0 radical (unpaired) electrons. The highest BCUT2D eigenvalue weighted by atomic mass is 79.9. The van der Waals surface area contributed by atoms with Crippen molar-refractivity contribution in [1.29, 1.82) is 5.41 Å². The molecule has 25 heavy (non-hydrogen) atoms. The molecule has 0 aliphatic rings. The van der Waals surface area contributed by atoms with Crippen LogP contribution in [-0.4, -0.2) is 46.6 Å². The summed E-state index contributed by atoms with van der Waals surface area (Å²) in [5.41, 5.74) is 4.27. The number of amides is 1. The van der Waals surface area contributed by atoms with Gasteiger partial charge in [-0.05, 0) is 36.0 Å². The Morgan fingerprint density at radius 2 is 2.16 bits per heavy atom. The number of hydrogen-bond donors (Lipinski definition) is 3. The monoisotopic (exact) mass is 442 g/mol. The summed E-state index contributed by atoms with van der Waals surface area (Å²) in [6, 6.07) is 1.10. The minimum absolute atomic E-state index is 0.152. The molecule has 1 rings (SSSR count). The smallest absolute Gasteiger partial charge is 0.425 e. The van der Waals surface area contributed by atoms with E-state index in [2.05, 4.69) is 26.2 Å². The van der Waals surface area contributed by atoms with E-state index >= 15 is 0 Å². The molecule has 0 bridgehead atoms. The molecule has 1 unspecified atom stereocenters. The van der Waals surface area contributed by atoms with Crippen molar-refractivity contribution in [2.24, 2.45) is 5.73 Å². The number of carbonyl (C=O) groups excluding carboxylic acids is 1. The zero-order valence-electron chi connectivity index (χ0n) is 13.7. The van der Waals surface area contributed by atoms with E-state index in [1.54, 1.807) is 13.2 Å². The van der Waals surface area contributed by atoms with Gasteiger partial charge in [-0.15, -0.1) is 0 Å². The van der Waals surface area contributed by atoms with E-state index in [0.29, 0.717) is 5.75 Å². The van der Waals surface area contributed by atoms with E-state index in [-0.39, 0.29) is 21.8 Å². The van der Waals surface area contributed by atoms with Crippen LogP contribution in [-0.2, 0) is 0 Å². The Morgan fingerprint density at radius 1 is 1.56 bits per heavy atom. The highest BCUT2D eigenvalue weighted by molar-refractivity contribution is 9.10. The zero-order valence-corrected chi connectivity index (χ0v) is 16.1. The van der Waals surface area contributed by atoms with Crippen LogP contribution in [0.5, 0.6) is 5.75 Å². The predicted octanol–water partition coefficient (Wildman–Crippen LogP) is 2.96. The Labute approximate surface area is 155 Å². The number of nitrogens with two attached hydrogens (primary N) is 1. The number of aromatic nitrogens is 1. The first-order valence-corrected chi connectivity index (χ1v) is 9.14. The van der Waals surface area contributed by atoms with E-state index < -0.39 is 23.7 Å². The molecule has 11 heteroatoms. The summed E-state index contributed by atoms with van der Waals surface area (Å²) in [7, 11) is 0. The number of thioether (sulfide) groups is 1. The van der Waals surface area contributed by atoms with Crippen molar-refractivity contribution in [1.82, 2.24) is 10.3 Å². The second kappa shape index (κ2) is 8.26. The van der Waals surface area contributed by atoms with Crippen molar-refractivity contribution >= 4 is 39.4 Å². The van der Waals surface area contributed by atoms with Crippen LogP contribution in [0.25, 0.3) is 0 Å². The molecule has 0 saturated carbocycles. The van der Waals surface area contributed by atoms with Crippen LogP contribution in [0, 0.1) is 5.41 Å². The minimum Gasteiger partial charge on any atom is -0.480 e. The van der Waals surface area contributed by atoms with E-state index in [4.69, 9.17) is 15.9 Å². The molecule has 4 N–H and O–H groups in total. The van der Waals surface area contributed by atoms with Crippen molar-refractivity contribution in [2.75, 3.05) is 12.0 Å². The van der Waals surface area contributed by atoms with Gasteiger partial charge in [0.05, 0.1) is 4.47 Å². The lowest BCUT2D eigenvalue weighted by Gasteiger charge is -2.28. The molecule has 0 fully saturated rings. The second-order valence-electron chi connectivity index (χ2n) is 5.43. The Morgan fingerprint density at radius 3 is 2.64 bits per heavy atom. The molecule has 0 aromatic carbocycles. The molecule has 0 aliphatic heterocycles. The van der Waals surface area contributed by atoms with Gasteiger partial charge in [0.1, 0.15) is 22.8 Å². The molecule has 0 saturated heterocycles. The number of amidine groups is 1. The average Bonchev–Trinajstić information content (AvgIpc) is 2.48. The van der Waals surface area contributed by atoms with Crippen LogP contribution in [0.3, 0.4) is 0 Å². The van der Waals surface area contributed by atoms with Crippen molar-refractivity contribution in [2.45, 2.75) is 31.7 Å². The van der Waals surface area contributed by atoms with E-state index in [1.807, 2.05) is 0 Å². The number of halogens is 4. The number of alkyl halides is 3. The fraction of sp³-hybridized carbons (Fsp3) is 0.500. The maximum absolute atomic E-state index is 12.6. The number of rotatable bonds is 7. The molecule has 1 aromatic heterocycles. The number of pyridine rings is 1. The summed E-state index contributed by atoms with van der Waals surface area (Å²) in [5.74, 6) is -0.739. The third-order valence-corrected chi connectivity index (χ3v) is 4.70. The first kappa shape index (κ1) is 21.6. The molecule has 2 atom stereocenters. The summed E-state index contributed by atoms with van der Waals surface area (Å²) in [6.07, 6.45) is -3.64. The first-order chi connectivity index (χ1) is 11.4. The van der Waals surface area contributed by atoms with Gasteiger partial charge in [-0.3, -0.25) is 10.2 Å². The van der Waals surface area contributed by atoms with Gasteiger partial charge in [0.25, 0.3) is 5.91 Å². The standard InChI is InChI=1S/C14H18BrF3N4O2S/c1-7(14(16,17)18)24-10-4-9(21-5-8(10)15)11(23)22-13(2,6-25-3)12(19)20/h4-5,7H,6H2,1-3H3,(H3,19,20)(H,22,23)/t7-,13?/m0/s1. The molecule has 6 nitrogen and oxygen atoms in total. The molecular weight excluding hydrogens is 425 g/mol. The van der Waals surface area contributed by atoms with Crippen LogP contribution in [0.1, 0.15) is 24.3 Å². The van der Waals surface area contributed by atoms with Gasteiger partial charge in [0.2, 0.25) is 0 Å². The van der Waals surface area contributed by atoms with Gasteiger partial charge in [0.15, 0.2) is 6.10 Å². The van der Waals surface area contributed by atoms with E-state index in [9.17, 15) is 18.0 Å². The number of nitrogens with one attached hydrogen (secondary N) is 2. The maximum atomic E-state index is 12.6. The van der Waals surface area contributed by atoms with Crippen LogP contribution in [0.2, 0.25) is 0 Å². The van der Waals surface area contributed by atoms with Crippen LogP contribution >= 0.6 is 27.7 Å². The predicted molar refractivity (Wildman–Crippen MR) is 94.2 cm³/mol. The number of hydrogen-bond acceptors (Lipinski definition) is 5. The minimum atomic E-state index is -4.54. The summed E-state index contributed by atoms with van der Waals surface area (Å²) in [6.45, 7) is 2.43. The Bertz CT molecular complexity index is 659. The van der Waals surface area contributed by atoms with Gasteiger partial charge in [-0.2, -0.15) is 24.9 Å². The van der Waals surface area contributed by atoms with Gasteiger partial charge in [-0.25, -0.2) is 4.98 Å². The lowest BCUT2D eigenvalue weighted by molar-refractivity contribution is -0.189. The summed E-state index contributed by atoms with van der Waals surface area (Å²) < 4.78 is 43.0. The molecular formula is C14H18BrF3N4O2S. The summed E-state index contributed by atoms with van der Waals surface area (Å²) in [4.78, 5) is 16.2. The quantitative estimate of drug-likeness (QED) is 0.445.